The van der Waals surface area contributed by atoms with Gasteiger partial charge in [-0.15, -0.1) is 0 Å². The molecule has 4 aromatic rings. The van der Waals surface area contributed by atoms with Crippen LogP contribution in [-0.4, -0.2) is 25.3 Å². The highest BCUT2D eigenvalue weighted by Crippen LogP contribution is 2.27. The van der Waals surface area contributed by atoms with Crippen molar-refractivity contribution in [1.82, 2.24) is 25.3 Å². The number of H-pyrrole nitrogens is 1. The van der Waals surface area contributed by atoms with Crippen LogP contribution >= 0.6 is 0 Å². The fraction of sp³-hybridized carbons (Fsp3) is 0.250. The first-order chi connectivity index (χ1) is 11.2. The van der Waals surface area contributed by atoms with Crippen LogP contribution in [0.5, 0.6) is 0 Å². The van der Waals surface area contributed by atoms with E-state index < -0.39 is 0 Å². The molecule has 7 nitrogen and oxygen atoms in total. The monoisotopic (exact) mass is 308 g/mol. The molecule has 2 N–H and O–H groups in total. The minimum atomic E-state index is 0.537. The van der Waals surface area contributed by atoms with Crippen molar-refractivity contribution in [3.05, 3.63) is 36.3 Å². The molecule has 1 aromatic carbocycles. The van der Waals surface area contributed by atoms with Crippen molar-refractivity contribution in [2.45, 2.75) is 20.3 Å². The van der Waals surface area contributed by atoms with Crippen molar-refractivity contribution in [3.8, 4) is 0 Å². The minimum Gasteiger partial charge on any atom is -0.356 e. The summed E-state index contributed by atoms with van der Waals surface area (Å²) >= 11 is 0. The Bertz CT molecular complexity index is 971. The lowest BCUT2D eigenvalue weighted by Gasteiger charge is -2.03. The summed E-state index contributed by atoms with van der Waals surface area (Å²) in [6.07, 6.45) is 4.17. The molecule has 0 bridgehead atoms. The fourth-order valence-corrected chi connectivity index (χ4v) is 2.58. The maximum atomic E-state index is 5.45. The molecule has 0 aliphatic rings. The summed E-state index contributed by atoms with van der Waals surface area (Å²) in [5.74, 6) is 1.17. The third kappa shape index (κ3) is 2.50. The lowest BCUT2D eigenvalue weighted by Crippen LogP contribution is -1.94. The van der Waals surface area contributed by atoms with Crippen LogP contribution in [0, 0.1) is 5.92 Å². The van der Waals surface area contributed by atoms with Gasteiger partial charge in [-0.1, -0.05) is 19.0 Å². The molecular weight excluding hydrogens is 292 g/mol. The molecule has 0 saturated heterocycles. The van der Waals surface area contributed by atoms with Crippen molar-refractivity contribution in [2.75, 3.05) is 5.32 Å². The number of anilines is 2. The van der Waals surface area contributed by atoms with Crippen LogP contribution in [0.2, 0.25) is 0 Å². The van der Waals surface area contributed by atoms with E-state index in [1.54, 1.807) is 12.4 Å². The number of nitrogens with zero attached hydrogens (tertiary/aromatic N) is 4. The lowest BCUT2D eigenvalue weighted by molar-refractivity contribution is 0.439. The summed E-state index contributed by atoms with van der Waals surface area (Å²) in [6, 6.07) is 5.93. The van der Waals surface area contributed by atoms with Gasteiger partial charge < -0.3 is 9.84 Å². The fourth-order valence-electron chi connectivity index (χ4n) is 2.58. The Labute approximate surface area is 132 Å². The lowest BCUT2D eigenvalue weighted by atomic mass is 10.1. The smallest absolute Gasteiger partial charge is 0.180 e. The molecule has 0 atom stereocenters. The summed E-state index contributed by atoms with van der Waals surface area (Å²) in [6.45, 7) is 4.33. The average molecular weight is 308 g/mol. The Kier molecular flexibility index (Phi) is 3.18. The molecule has 0 radical (unpaired) electrons. The topological polar surface area (TPSA) is 92.5 Å². The van der Waals surface area contributed by atoms with Crippen LogP contribution in [0.3, 0.4) is 0 Å². The number of benzene rings is 1. The minimum absolute atomic E-state index is 0.537. The van der Waals surface area contributed by atoms with E-state index in [0.29, 0.717) is 22.9 Å². The van der Waals surface area contributed by atoms with Gasteiger partial charge in [-0.05, 0) is 24.5 Å². The summed E-state index contributed by atoms with van der Waals surface area (Å²) in [4.78, 5) is 8.46. The number of fused-ring (bicyclic) bond motifs is 2. The highest BCUT2D eigenvalue weighted by atomic mass is 16.5. The zero-order valence-electron chi connectivity index (χ0n) is 12.9. The van der Waals surface area contributed by atoms with Crippen molar-refractivity contribution >= 4 is 33.6 Å². The van der Waals surface area contributed by atoms with Gasteiger partial charge in [0.15, 0.2) is 22.6 Å². The maximum Gasteiger partial charge on any atom is 0.180 e. The molecule has 116 valence electrons. The van der Waals surface area contributed by atoms with Crippen LogP contribution in [0.25, 0.3) is 22.1 Å². The molecule has 0 unspecified atom stereocenters. The number of nitrogens with one attached hydrogen (secondary N) is 2. The Hall–Kier alpha value is -2.96. The second-order valence-electron chi connectivity index (χ2n) is 5.89. The third-order valence-corrected chi connectivity index (χ3v) is 3.61. The first-order valence-electron chi connectivity index (χ1n) is 7.51. The maximum absolute atomic E-state index is 5.45. The largest absolute Gasteiger partial charge is 0.356 e. The Morgan fingerprint density at radius 1 is 1.22 bits per heavy atom. The van der Waals surface area contributed by atoms with Crippen LogP contribution in [-0.2, 0) is 6.42 Å². The van der Waals surface area contributed by atoms with Crippen molar-refractivity contribution in [3.63, 3.8) is 0 Å². The van der Waals surface area contributed by atoms with Crippen LogP contribution in [0.15, 0.2) is 35.1 Å². The first kappa shape index (κ1) is 13.7. The highest BCUT2D eigenvalue weighted by Gasteiger charge is 2.12. The van der Waals surface area contributed by atoms with Gasteiger partial charge in [0.05, 0.1) is 5.69 Å². The Morgan fingerprint density at radius 3 is 2.96 bits per heavy atom. The standard InChI is InChI=1S/C16H16N6O/c1-9(2)7-12-11-4-3-10(8-13(11)23-22-12)19-16-14-15(20-21-16)18-6-5-17-14/h3-6,8-9H,7H2,1-2H3,(H2,18,19,20,21). The van der Waals surface area contributed by atoms with Gasteiger partial charge in [-0.2, -0.15) is 5.10 Å². The van der Waals surface area contributed by atoms with Gasteiger partial charge in [-0.3, -0.25) is 5.10 Å². The van der Waals surface area contributed by atoms with Crippen LogP contribution in [0.1, 0.15) is 19.5 Å². The summed E-state index contributed by atoms with van der Waals surface area (Å²) in [5, 5.41) is 15.5. The van der Waals surface area contributed by atoms with E-state index in [4.69, 9.17) is 4.52 Å². The van der Waals surface area contributed by atoms with Crippen LogP contribution < -0.4 is 5.32 Å². The normalized spacial score (nSPS) is 11.6. The summed E-state index contributed by atoms with van der Waals surface area (Å²) in [5.41, 5.74) is 3.97. The van der Waals surface area contributed by atoms with Gasteiger partial charge in [0.25, 0.3) is 0 Å². The zero-order valence-corrected chi connectivity index (χ0v) is 12.9. The average Bonchev–Trinajstić information content (AvgIpc) is 3.12. The molecule has 23 heavy (non-hydrogen) atoms. The van der Waals surface area contributed by atoms with Crippen molar-refractivity contribution in [2.24, 2.45) is 5.92 Å². The summed E-state index contributed by atoms with van der Waals surface area (Å²) < 4.78 is 5.45. The molecule has 0 spiro atoms. The van der Waals surface area contributed by atoms with Crippen LogP contribution in [0.4, 0.5) is 11.5 Å². The molecule has 0 amide bonds. The van der Waals surface area contributed by atoms with E-state index in [9.17, 15) is 0 Å². The molecule has 3 heterocycles. The summed E-state index contributed by atoms with van der Waals surface area (Å²) in [7, 11) is 0. The Balaban J connectivity index is 1.67. The molecule has 7 heteroatoms. The SMILES string of the molecule is CC(C)Cc1noc2cc(Nc3n[nH]c4nccnc34)ccc12. The highest BCUT2D eigenvalue weighted by molar-refractivity contribution is 5.88. The predicted molar refractivity (Wildman–Crippen MR) is 87.5 cm³/mol. The van der Waals surface area contributed by atoms with Crippen molar-refractivity contribution < 1.29 is 4.52 Å². The van der Waals surface area contributed by atoms with Gasteiger partial charge in [0.2, 0.25) is 0 Å². The van der Waals surface area contributed by atoms with E-state index in [0.717, 1.165) is 28.8 Å². The number of hydrogen-bond acceptors (Lipinski definition) is 6. The van der Waals surface area contributed by atoms with Gasteiger partial charge >= 0.3 is 0 Å². The number of aromatic amines is 1. The molecule has 4 rings (SSSR count). The van der Waals surface area contributed by atoms with Gasteiger partial charge in [-0.25, -0.2) is 9.97 Å². The Morgan fingerprint density at radius 2 is 2.09 bits per heavy atom. The zero-order chi connectivity index (χ0) is 15.8. The van der Waals surface area contributed by atoms with E-state index in [1.807, 2.05) is 18.2 Å². The van der Waals surface area contributed by atoms with Crippen molar-refractivity contribution in [1.29, 1.82) is 0 Å². The molecule has 0 saturated carbocycles. The molecule has 0 aliphatic heterocycles. The molecule has 3 aromatic heterocycles. The molecule has 0 aliphatic carbocycles. The third-order valence-electron chi connectivity index (χ3n) is 3.61. The molecule has 0 fully saturated rings. The molecular formula is C16H16N6O. The second kappa shape index (κ2) is 5.35. The van der Waals surface area contributed by atoms with Gasteiger partial charge in [0.1, 0.15) is 0 Å². The van der Waals surface area contributed by atoms with E-state index >= 15 is 0 Å². The number of rotatable bonds is 4. The quantitative estimate of drug-likeness (QED) is 0.600. The second-order valence-corrected chi connectivity index (χ2v) is 5.89. The van der Waals surface area contributed by atoms with Gasteiger partial charge in [0, 0.05) is 29.5 Å². The predicted octanol–water partition coefficient (Wildman–Crippen LogP) is 3.44. The van der Waals surface area contributed by atoms with E-state index in [-0.39, 0.29) is 0 Å². The van der Waals surface area contributed by atoms with E-state index in [1.165, 1.54) is 0 Å². The van der Waals surface area contributed by atoms with E-state index in [2.05, 4.69) is 44.5 Å². The first-order valence-corrected chi connectivity index (χ1v) is 7.51. The number of hydrogen-bond donors (Lipinski definition) is 2. The number of aromatic nitrogens is 5.